The van der Waals surface area contributed by atoms with Crippen LogP contribution in [0.3, 0.4) is 0 Å². The summed E-state index contributed by atoms with van der Waals surface area (Å²) in [6.07, 6.45) is 1.29. The number of aromatic amines is 1. The zero-order valence-corrected chi connectivity index (χ0v) is 14.1. The fraction of sp³-hybridized carbons (Fsp3) is 0.125. The smallest absolute Gasteiger partial charge is 0.313 e. The molecule has 9 heteroatoms. The van der Waals surface area contributed by atoms with Gasteiger partial charge in [0.2, 0.25) is 5.16 Å². The van der Waals surface area contributed by atoms with Gasteiger partial charge in [-0.05, 0) is 18.2 Å². The summed E-state index contributed by atoms with van der Waals surface area (Å²) < 4.78 is 5.82. The van der Waals surface area contributed by atoms with Crippen molar-refractivity contribution >= 4 is 29.6 Å². The predicted molar refractivity (Wildman–Crippen MR) is 95.3 cm³/mol. The minimum absolute atomic E-state index is 0.104. The Labute approximate surface area is 147 Å². The van der Waals surface area contributed by atoms with E-state index in [1.165, 1.54) is 6.21 Å². The fourth-order valence-electron chi connectivity index (χ4n) is 2.22. The monoisotopic (exact) mass is 357 g/mol. The molecule has 0 unspecified atom stereocenters. The van der Waals surface area contributed by atoms with Gasteiger partial charge in [0.05, 0.1) is 5.75 Å². The van der Waals surface area contributed by atoms with Gasteiger partial charge in [0.1, 0.15) is 5.76 Å². The molecular weight excluding hydrogens is 342 g/mol. The minimum Gasteiger partial charge on any atom is -0.481 e. The van der Waals surface area contributed by atoms with Crippen molar-refractivity contribution in [1.29, 1.82) is 5.41 Å². The Bertz CT molecular complexity index is 918. The van der Waals surface area contributed by atoms with Crippen molar-refractivity contribution in [2.24, 2.45) is 0 Å². The summed E-state index contributed by atoms with van der Waals surface area (Å²) in [6.45, 7) is 0. The molecule has 0 amide bonds. The van der Waals surface area contributed by atoms with Crippen molar-refractivity contribution in [2.45, 2.75) is 5.16 Å². The van der Waals surface area contributed by atoms with Gasteiger partial charge in [0.25, 0.3) is 0 Å². The zero-order valence-electron chi connectivity index (χ0n) is 13.2. The van der Waals surface area contributed by atoms with E-state index in [9.17, 15) is 4.79 Å². The van der Waals surface area contributed by atoms with E-state index in [0.29, 0.717) is 22.5 Å². The molecule has 0 atom stereocenters. The Morgan fingerprint density at radius 2 is 2.20 bits per heavy atom. The van der Waals surface area contributed by atoms with Gasteiger partial charge in [-0.3, -0.25) is 9.89 Å². The third-order valence-electron chi connectivity index (χ3n) is 3.39. The average molecular weight is 357 g/mol. The van der Waals surface area contributed by atoms with Crippen molar-refractivity contribution in [3.63, 3.8) is 0 Å². The number of carboxylic acids is 1. The van der Waals surface area contributed by atoms with Gasteiger partial charge in [-0.25, -0.2) is 0 Å². The normalized spacial score (nSPS) is 10.6. The van der Waals surface area contributed by atoms with Crippen LogP contribution in [0.25, 0.3) is 22.9 Å². The molecule has 0 radical (unpaired) electrons. The quantitative estimate of drug-likeness (QED) is 0.378. The lowest BCUT2D eigenvalue weighted by atomic mass is 10.1. The highest BCUT2D eigenvalue weighted by Crippen LogP contribution is 2.30. The van der Waals surface area contributed by atoms with Crippen molar-refractivity contribution in [3.8, 4) is 22.9 Å². The molecule has 3 rings (SSSR count). The summed E-state index contributed by atoms with van der Waals surface area (Å²) in [7, 11) is 1.80. The molecule has 0 bridgehead atoms. The third-order valence-corrected chi connectivity index (χ3v) is 4.22. The number of carboxylic acid groups (broad SMARTS) is 1. The number of hydrogen-bond acceptors (Lipinski definition) is 7. The van der Waals surface area contributed by atoms with Gasteiger partial charge in [0, 0.05) is 30.1 Å². The second-order valence-electron chi connectivity index (χ2n) is 5.01. The van der Waals surface area contributed by atoms with Crippen LogP contribution in [0.4, 0.5) is 5.69 Å². The number of aromatic nitrogens is 3. The largest absolute Gasteiger partial charge is 0.481 e. The number of nitrogens with one attached hydrogen (secondary N) is 3. The van der Waals surface area contributed by atoms with Crippen molar-refractivity contribution in [2.75, 3.05) is 18.1 Å². The fourth-order valence-corrected chi connectivity index (χ4v) is 2.74. The number of H-pyrrole nitrogens is 1. The van der Waals surface area contributed by atoms with E-state index < -0.39 is 5.97 Å². The van der Waals surface area contributed by atoms with Crippen LogP contribution in [0, 0.1) is 5.41 Å². The van der Waals surface area contributed by atoms with Gasteiger partial charge in [0.15, 0.2) is 11.6 Å². The molecule has 0 aliphatic rings. The zero-order chi connectivity index (χ0) is 17.8. The molecule has 3 aromatic rings. The molecule has 8 nitrogen and oxygen atoms in total. The lowest BCUT2D eigenvalue weighted by Gasteiger charge is -2.06. The van der Waals surface area contributed by atoms with Crippen LogP contribution in [0.1, 0.15) is 5.56 Å². The molecule has 2 heterocycles. The van der Waals surface area contributed by atoms with Gasteiger partial charge >= 0.3 is 5.97 Å². The number of aliphatic carboxylic acids is 1. The number of anilines is 1. The number of rotatable bonds is 7. The van der Waals surface area contributed by atoms with E-state index in [0.717, 1.165) is 28.6 Å². The molecule has 0 aliphatic heterocycles. The molecule has 0 aliphatic carbocycles. The summed E-state index contributed by atoms with van der Waals surface area (Å²) in [5.74, 6) is 0.563. The number of nitrogens with zero attached hydrogens (tertiary/aromatic N) is 2. The first-order chi connectivity index (χ1) is 12.1. The number of thioether (sulfide) groups is 1. The van der Waals surface area contributed by atoms with Crippen LogP contribution >= 0.6 is 11.8 Å². The molecule has 0 fully saturated rings. The summed E-state index contributed by atoms with van der Waals surface area (Å²) in [4.78, 5) is 14.8. The van der Waals surface area contributed by atoms with Crippen LogP contribution in [0.2, 0.25) is 0 Å². The topological polar surface area (TPSA) is 128 Å². The van der Waals surface area contributed by atoms with E-state index in [4.69, 9.17) is 14.9 Å². The molecular formula is C16H15N5O3S. The van der Waals surface area contributed by atoms with Crippen LogP contribution in [0.5, 0.6) is 0 Å². The maximum absolute atomic E-state index is 10.6. The first kappa shape index (κ1) is 16.8. The van der Waals surface area contributed by atoms with Crippen LogP contribution in [0.15, 0.2) is 39.9 Å². The van der Waals surface area contributed by atoms with Crippen molar-refractivity contribution < 1.29 is 14.3 Å². The van der Waals surface area contributed by atoms with Crippen LogP contribution in [-0.2, 0) is 4.79 Å². The molecule has 2 aromatic heterocycles. The second kappa shape index (κ2) is 7.22. The lowest BCUT2D eigenvalue weighted by Crippen LogP contribution is -1.97. The average Bonchev–Trinajstić information content (AvgIpc) is 3.28. The van der Waals surface area contributed by atoms with Crippen molar-refractivity contribution in [3.05, 3.63) is 35.9 Å². The molecule has 0 spiro atoms. The van der Waals surface area contributed by atoms with E-state index in [1.807, 2.05) is 24.3 Å². The summed E-state index contributed by atoms with van der Waals surface area (Å²) >= 11 is 1.03. The first-order valence-electron chi connectivity index (χ1n) is 7.30. The number of hydrogen-bond donors (Lipinski definition) is 4. The Kier molecular flexibility index (Phi) is 4.85. The Morgan fingerprint density at radius 3 is 2.92 bits per heavy atom. The van der Waals surface area contributed by atoms with Gasteiger partial charge in [-0.2, -0.15) is 4.98 Å². The second-order valence-corrected chi connectivity index (χ2v) is 5.95. The van der Waals surface area contributed by atoms with Gasteiger partial charge < -0.3 is 20.2 Å². The molecule has 25 heavy (non-hydrogen) atoms. The minimum atomic E-state index is -0.926. The predicted octanol–water partition coefficient (Wildman–Crippen LogP) is 2.95. The molecule has 0 saturated heterocycles. The summed E-state index contributed by atoms with van der Waals surface area (Å²) in [6, 6.07) is 9.20. The maximum atomic E-state index is 10.6. The standard InChI is InChI=1S/C16H15N5O3S/c1-18-11-6-9(2-3-10(11)7-17)12-4-5-13(24-12)15-19-16(21-20-15)25-8-14(22)23/h2-7,17-18H,8H2,1H3,(H,22,23)(H,19,20,21). The molecule has 4 N–H and O–H groups in total. The Hall–Kier alpha value is -3.07. The number of carbonyl (C=O) groups is 1. The summed E-state index contributed by atoms with van der Waals surface area (Å²) in [5.41, 5.74) is 2.48. The lowest BCUT2D eigenvalue weighted by molar-refractivity contribution is -0.133. The van der Waals surface area contributed by atoms with Crippen molar-refractivity contribution in [1.82, 2.24) is 15.2 Å². The van der Waals surface area contributed by atoms with E-state index in [-0.39, 0.29) is 5.75 Å². The maximum Gasteiger partial charge on any atom is 0.313 e. The van der Waals surface area contributed by atoms with Crippen LogP contribution in [-0.4, -0.2) is 45.3 Å². The van der Waals surface area contributed by atoms with Gasteiger partial charge in [-0.15, -0.1) is 5.10 Å². The molecule has 128 valence electrons. The highest BCUT2D eigenvalue weighted by atomic mass is 32.2. The van der Waals surface area contributed by atoms with Gasteiger partial charge in [-0.1, -0.05) is 23.9 Å². The highest BCUT2D eigenvalue weighted by Gasteiger charge is 2.13. The SMILES string of the molecule is CNc1cc(-c2ccc(-c3nc(SCC(=O)O)n[nH]3)o2)ccc1C=N. The van der Waals surface area contributed by atoms with Crippen LogP contribution < -0.4 is 5.32 Å². The van der Waals surface area contributed by atoms with E-state index in [1.54, 1.807) is 13.1 Å². The Morgan fingerprint density at radius 1 is 1.40 bits per heavy atom. The third kappa shape index (κ3) is 3.72. The molecule has 1 aromatic carbocycles. The highest BCUT2D eigenvalue weighted by molar-refractivity contribution is 7.99. The first-order valence-corrected chi connectivity index (χ1v) is 8.29. The number of benzene rings is 1. The number of furan rings is 1. The summed E-state index contributed by atoms with van der Waals surface area (Å²) in [5, 5.41) is 26.2. The van der Waals surface area contributed by atoms with E-state index >= 15 is 0 Å². The van der Waals surface area contributed by atoms with E-state index in [2.05, 4.69) is 20.5 Å². The molecule has 0 saturated carbocycles. The Balaban J connectivity index is 1.83.